The topological polar surface area (TPSA) is 47.9 Å². The summed E-state index contributed by atoms with van der Waals surface area (Å²) in [5, 5.41) is 0. The SMILES string of the molecule is COP(=O)(/N=C/SCc1ccccc1C)OC. The maximum absolute atomic E-state index is 11.6. The number of thioether (sulfide) groups is 1. The van der Waals surface area contributed by atoms with Crippen molar-refractivity contribution in [2.45, 2.75) is 12.7 Å². The Morgan fingerprint density at radius 2 is 2.00 bits per heavy atom. The minimum atomic E-state index is -3.27. The predicted octanol–water partition coefficient (Wildman–Crippen LogP) is 3.66. The summed E-state index contributed by atoms with van der Waals surface area (Å²) in [6.45, 7) is 2.06. The lowest BCUT2D eigenvalue weighted by atomic mass is 10.1. The van der Waals surface area contributed by atoms with E-state index in [-0.39, 0.29) is 0 Å². The molecule has 0 atom stereocenters. The second-order valence-corrected chi connectivity index (χ2v) is 6.02. The molecule has 1 aromatic carbocycles. The molecular weight excluding hydrogens is 257 g/mol. The molecule has 0 aliphatic rings. The average molecular weight is 273 g/mol. The summed E-state index contributed by atoms with van der Waals surface area (Å²) in [4.78, 5) is 0. The van der Waals surface area contributed by atoms with Crippen LogP contribution in [0.4, 0.5) is 0 Å². The van der Waals surface area contributed by atoms with Crippen LogP contribution in [0.1, 0.15) is 11.1 Å². The van der Waals surface area contributed by atoms with Gasteiger partial charge in [0.25, 0.3) is 0 Å². The van der Waals surface area contributed by atoms with Crippen molar-refractivity contribution in [2.75, 3.05) is 14.2 Å². The Labute approximate surface area is 106 Å². The van der Waals surface area contributed by atoms with Gasteiger partial charge in [-0.05, 0) is 18.1 Å². The van der Waals surface area contributed by atoms with E-state index in [2.05, 4.69) is 32.9 Å². The first-order chi connectivity index (χ1) is 8.11. The lowest BCUT2D eigenvalue weighted by molar-refractivity contribution is 0.277. The maximum atomic E-state index is 11.6. The molecule has 4 nitrogen and oxygen atoms in total. The van der Waals surface area contributed by atoms with Crippen LogP contribution in [0, 0.1) is 6.92 Å². The van der Waals surface area contributed by atoms with Gasteiger partial charge in [0, 0.05) is 20.0 Å². The smallest absolute Gasteiger partial charge is 0.294 e. The fourth-order valence-corrected chi connectivity index (χ4v) is 2.80. The molecule has 0 aromatic heterocycles. The van der Waals surface area contributed by atoms with Crippen molar-refractivity contribution in [2.24, 2.45) is 4.76 Å². The summed E-state index contributed by atoms with van der Waals surface area (Å²) < 4.78 is 24.7. The third-order valence-corrected chi connectivity index (χ3v) is 4.43. The normalized spacial score (nSPS) is 12.2. The third kappa shape index (κ3) is 4.64. The number of aryl methyl sites for hydroxylation is 1. The van der Waals surface area contributed by atoms with Gasteiger partial charge in [-0.15, -0.1) is 11.8 Å². The van der Waals surface area contributed by atoms with Crippen molar-refractivity contribution >= 4 is 25.1 Å². The summed E-state index contributed by atoms with van der Waals surface area (Å²) >= 11 is 1.45. The number of benzene rings is 1. The Kier molecular flexibility index (Phi) is 5.92. The van der Waals surface area contributed by atoms with Gasteiger partial charge in [0.05, 0.1) is 5.55 Å². The zero-order valence-corrected chi connectivity index (χ0v) is 11.8. The molecule has 0 N–H and O–H groups in total. The lowest BCUT2D eigenvalue weighted by Gasteiger charge is -2.06. The molecule has 17 heavy (non-hydrogen) atoms. The van der Waals surface area contributed by atoms with Gasteiger partial charge in [-0.3, -0.25) is 9.05 Å². The van der Waals surface area contributed by atoms with E-state index in [0.717, 1.165) is 5.75 Å². The van der Waals surface area contributed by atoms with Gasteiger partial charge >= 0.3 is 7.75 Å². The molecule has 0 amide bonds. The molecule has 6 heteroatoms. The van der Waals surface area contributed by atoms with Crippen LogP contribution in [-0.4, -0.2) is 19.8 Å². The second-order valence-electron chi connectivity index (χ2n) is 3.29. The highest BCUT2D eigenvalue weighted by atomic mass is 32.2. The molecule has 0 heterocycles. The Balaban J connectivity index is 2.51. The van der Waals surface area contributed by atoms with Gasteiger partial charge in [0.15, 0.2) is 0 Å². The van der Waals surface area contributed by atoms with E-state index in [1.165, 1.54) is 42.7 Å². The molecule has 0 unspecified atom stereocenters. The van der Waals surface area contributed by atoms with E-state index in [9.17, 15) is 4.57 Å². The van der Waals surface area contributed by atoms with E-state index >= 15 is 0 Å². The molecule has 94 valence electrons. The zero-order valence-electron chi connectivity index (χ0n) is 10.1. The molecule has 0 bridgehead atoms. The van der Waals surface area contributed by atoms with Crippen LogP contribution >= 0.6 is 19.5 Å². The molecule has 0 spiro atoms. The first kappa shape index (κ1) is 14.5. The van der Waals surface area contributed by atoms with Crippen molar-refractivity contribution in [1.82, 2.24) is 0 Å². The van der Waals surface area contributed by atoms with Crippen LogP contribution in [0.2, 0.25) is 0 Å². The fourth-order valence-electron chi connectivity index (χ4n) is 1.16. The number of hydrogen-bond acceptors (Lipinski definition) is 4. The maximum Gasteiger partial charge on any atom is 0.453 e. The third-order valence-electron chi connectivity index (χ3n) is 2.22. The van der Waals surface area contributed by atoms with Crippen LogP contribution in [-0.2, 0) is 19.4 Å². The van der Waals surface area contributed by atoms with E-state index in [1.54, 1.807) is 0 Å². The van der Waals surface area contributed by atoms with Crippen LogP contribution in [0.25, 0.3) is 0 Å². The summed E-state index contributed by atoms with van der Waals surface area (Å²) in [5.74, 6) is 0.781. The van der Waals surface area contributed by atoms with Crippen LogP contribution in [0.15, 0.2) is 29.0 Å². The second kappa shape index (κ2) is 6.97. The lowest BCUT2D eigenvalue weighted by Crippen LogP contribution is -1.86. The largest absolute Gasteiger partial charge is 0.453 e. The Hall–Kier alpha value is -0.610. The van der Waals surface area contributed by atoms with Crippen molar-refractivity contribution < 1.29 is 13.6 Å². The summed E-state index contributed by atoms with van der Waals surface area (Å²) in [7, 11) is -0.639. The predicted molar refractivity (Wildman–Crippen MR) is 72.6 cm³/mol. The monoisotopic (exact) mass is 273 g/mol. The zero-order chi connectivity index (χ0) is 12.7. The molecule has 0 saturated carbocycles. The van der Waals surface area contributed by atoms with E-state index in [0.29, 0.717) is 0 Å². The molecule has 1 aromatic rings. The first-order valence-corrected chi connectivity index (χ1v) is 7.57. The number of rotatable bonds is 6. The standard InChI is InChI=1S/C11H16NO3PS/c1-10-6-4-5-7-11(10)8-17-9-12-16(13,14-2)15-3/h4-7,9H,8H2,1-3H3/b12-9+. The summed E-state index contributed by atoms with van der Waals surface area (Å²) in [6.07, 6.45) is 0. The van der Waals surface area contributed by atoms with Gasteiger partial charge in [-0.1, -0.05) is 24.3 Å². The van der Waals surface area contributed by atoms with Gasteiger partial charge in [-0.2, -0.15) is 4.76 Å². The quantitative estimate of drug-likeness (QED) is 0.451. The minimum absolute atomic E-state index is 0.781. The Morgan fingerprint density at radius 1 is 1.35 bits per heavy atom. The highest BCUT2D eigenvalue weighted by Gasteiger charge is 2.17. The van der Waals surface area contributed by atoms with Gasteiger partial charge in [-0.25, -0.2) is 4.57 Å². The van der Waals surface area contributed by atoms with E-state index < -0.39 is 7.75 Å². The summed E-state index contributed by atoms with van der Waals surface area (Å²) in [6, 6.07) is 8.11. The van der Waals surface area contributed by atoms with Crippen molar-refractivity contribution in [3.8, 4) is 0 Å². The van der Waals surface area contributed by atoms with Crippen molar-refractivity contribution in [1.29, 1.82) is 0 Å². The fraction of sp³-hybridized carbons (Fsp3) is 0.364. The minimum Gasteiger partial charge on any atom is -0.294 e. The number of hydrogen-bond donors (Lipinski definition) is 0. The van der Waals surface area contributed by atoms with Gasteiger partial charge in [0.1, 0.15) is 0 Å². The molecule has 1 rings (SSSR count). The average Bonchev–Trinajstić information content (AvgIpc) is 2.36. The van der Waals surface area contributed by atoms with E-state index in [1.807, 2.05) is 12.1 Å². The van der Waals surface area contributed by atoms with Gasteiger partial charge in [0.2, 0.25) is 0 Å². The van der Waals surface area contributed by atoms with Crippen molar-refractivity contribution in [3.63, 3.8) is 0 Å². The molecule has 0 saturated heterocycles. The molecule has 0 aliphatic carbocycles. The number of nitrogens with zero attached hydrogens (tertiary/aromatic N) is 1. The Morgan fingerprint density at radius 3 is 2.59 bits per heavy atom. The summed E-state index contributed by atoms with van der Waals surface area (Å²) in [5.41, 5.74) is 3.98. The first-order valence-electron chi connectivity index (χ1n) is 5.03. The highest BCUT2D eigenvalue weighted by Crippen LogP contribution is 2.47. The molecular formula is C11H16NO3PS. The van der Waals surface area contributed by atoms with Crippen LogP contribution in [0.5, 0.6) is 0 Å². The van der Waals surface area contributed by atoms with Crippen LogP contribution in [0.3, 0.4) is 0 Å². The molecule has 0 radical (unpaired) electrons. The molecule has 0 fully saturated rings. The van der Waals surface area contributed by atoms with Crippen LogP contribution < -0.4 is 0 Å². The van der Waals surface area contributed by atoms with Gasteiger partial charge < -0.3 is 0 Å². The highest BCUT2D eigenvalue weighted by molar-refractivity contribution is 8.11. The van der Waals surface area contributed by atoms with E-state index in [4.69, 9.17) is 0 Å². The Bertz CT molecular complexity index is 428. The molecule has 0 aliphatic heterocycles. The van der Waals surface area contributed by atoms with Crippen molar-refractivity contribution in [3.05, 3.63) is 35.4 Å².